The van der Waals surface area contributed by atoms with Gasteiger partial charge in [-0.15, -0.1) is 0 Å². The highest BCUT2D eigenvalue weighted by Gasteiger charge is 2.18. The molecule has 6 heteroatoms. The van der Waals surface area contributed by atoms with Gasteiger partial charge in [-0.05, 0) is 31.5 Å². The third kappa shape index (κ3) is 3.98. The zero-order valence-corrected chi connectivity index (χ0v) is 13.2. The molecule has 1 amide bonds. The second kappa shape index (κ2) is 7.11. The minimum absolute atomic E-state index is 0.0263. The molecular formula is C17H18FNO4. The van der Waals surface area contributed by atoms with Crippen molar-refractivity contribution in [3.05, 3.63) is 58.9 Å². The van der Waals surface area contributed by atoms with Crippen LogP contribution in [0.15, 0.2) is 36.4 Å². The number of methoxy groups -OCH3 is 1. The molecule has 122 valence electrons. The van der Waals surface area contributed by atoms with Gasteiger partial charge in [-0.25, -0.2) is 9.18 Å². The van der Waals surface area contributed by atoms with E-state index >= 15 is 0 Å². The fraction of sp³-hybridized carbons (Fsp3) is 0.235. The van der Waals surface area contributed by atoms with Gasteiger partial charge in [-0.1, -0.05) is 23.8 Å². The van der Waals surface area contributed by atoms with Crippen molar-refractivity contribution in [3.63, 3.8) is 0 Å². The molecule has 0 aliphatic carbocycles. The molecule has 2 aromatic carbocycles. The van der Waals surface area contributed by atoms with Crippen molar-refractivity contribution in [3.8, 4) is 5.75 Å². The van der Waals surface area contributed by atoms with E-state index in [-0.39, 0.29) is 17.4 Å². The summed E-state index contributed by atoms with van der Waals surface area (Å²) in [6.45, 7) is 3.96. The van der Waals surface area contributed by atoms with E-state index in [1.807, 2.05) is 32.0 Å². The highest BCUT2D eigenvalue weighted by atomic mass is 19.1. The summed E-state index contributed by atoms with van der Waals surface area (Å²) in [6.07, 6.45) is -1.01. The zero-order valence-electron chi connectivity index (χ0n) is 13.2. The molecule has 0 bridgehead atoms. The molecule has 0 atom stereocenters. The predicted octanol–water partition coefficient (Wildman–Crippen LogP) is 3.98. The molecule has 0 fully saturated rings. The summed E-state index contributed by atoms with van der Waals surface area (Å²) in [5, 5.41) is 10.1. The summed E-state index contributed by atoms with van der Waals surface area (Å²) in [4.78, 5) is 11.4. The van der Waals surface area contributed by atoms with Crippen molar-refractivity contribution < 1.29 is 23.9 Å². The predicted molar refractivity (Wildman–Crippen MR) is 83.3 cm³/mol. The average Bonchev–Trinajstić information content (AvgIpc) is 2.53. The summed E-state index contributed by atoms with van der Waals surface area (Å²) in [7, 11) is 1.12. The highest BCUT2D eigenvalue weighted by molar-refractivity contribution is 5.85. The first-order valence-electron chi connectivity index (χ1n) is 6.98. The van der Waals surface area contributed by atoms with Crippen LogP contribution < -0.4 is 9.80 Å². The van der Waals surface area contributed by atoms with Gasteiger partial charge in [0.25, 0.3) is 0 Å². The van der Waals surface area contributed by atoms with Gasteiger partial charge >= 0.3 is 6.09 Å². The van der Waals surface area contributed by atoms with Gasteiger partial charge in [0.05, 0.1) is 12.8 Å². The number of ether oxygens (including phenoxy) is 2. The second-order valence-electron chi connectivity index (χ2n) is 5.11. The van der Waals surface area contributed by atoms with Crippen LogP contribution in [-0.2, 0) is 11.3 Å². The molecule has 0 radical (unpaired) electrons. The Kier molecular flexibility index (Phi) is 5.18. The molecule has 0 saturated heterocycles. The maximum Gasteiger partial charge on any atom is 0.438 e. The number of aryl methyl sites for hydroxylation is 2. The van der Waals surface area contributed by atoms with Crippen LogP contribution in [-0.4, -0.2) is 18.4 Å². The molecule has 0 aliphatic rings. The van der Waals surface area contributed by atoms with Gasteiger partial charge in [0.15, 0.2) is 0 Å². The van der Waals surface area contributed by atoms with E-state index in [0.717, 1.165) is 24.3 Å². The SMILES string of the molecule is COC(=O)N(O)c1cc(F)ccc1COc1ccc(C)cc1C. The summed E-state index contributed by atoms with van der Waals surface area (Å²) in [5.74, 6) is 0.0895. The van der Waals surface area contributed by atoms with Crippen LogP contribution in [0.2, 0.25) is 0 Å². The smallest absolute Gasteiger partial charge is 0.438 e. The van der Waals surface area contributed by atoms with Crippen LogP contribution in [0.3, 0.4) is 0 Å². The molecule has 5 nitrogen and oxygen atoms in total. The van der Waals surface area contributed by atoms with Gasteiger partial charge in [0, 0.05) is 11.6 Å². The number of halogens is 1. The van der Waals surface area contributed by atoms with E-state index in [2.05, 4.69) is 4.74 Å². The number of hydrogen-bond donors (Lipinski definition) is 1. The molecule has 0 saturated carbocycles. The van der Waals surface area contributed by atoms with E-state index in [1.54, 1.807) is 0 Å². The zero-order chi connectivity index (χ0) is 17.0. The first-order chi connectivity index (χ1) is 10.9. The minimum Gasteiger partial charge on any atom is -0.489 e. The fourth-order valence-electron chi connectivity index (χ4n) is 2.16. The minimum atomic E-state index is -1.01. The molecule has 0 unspecified atom stereocenters. The number of amides is 1. The van der Waals surface area contributed by atoms with E-state index in [9.17, 15) is 14.4 Å². The van der Waals surface area contributed by atoms with Gasteiger partial charge < -0.3 is 9.47 Å². The third-order valence-electron chi connectivity index (χ3n) is 3.34. The number of carbonyl (C=O) groups excluding carboxylic acids is 1. The van der Waals surface area contributed by atoms with Crippen molar-refractivity contribution in [2.24, 2.45) is 0 Å². The quantitative estimate of drug-likeness (QED) is 0.684. The molecule has 1 N–H and O–H groups in total. The van der Waals surface area contributed by atoms with Crippen molar-refractivity contribution in [2.75, 3.05) is 12.2 Å². The summed E-state index contributed by atoms with van der Waals surface area (Å²) in [6, 6.07) is 9.45. The second-order valence-corrected chi connectivity index (χ2v) is 5.11. The number of nitrogens with zero attached hydrogens (tertiary/aromatic N) is 1. The first-order valence-corrected chi connectivity index (χ1v) is 6.98. The molecule has 2 rings (SSSR count). The number of rotatable bonds is 4. The Hall–Kier alpha value is -2.60. The Morgan fingerprint density at radius 2 is 1.96 bits per heavy atom. The lowest BCUT2D eigenvalue weighted by Crippen LogP contribution is -2.28. The van der Waals surface area contributed by atoms with Gasteiger partial charge in [0.1, 0.15) is 18.2 Å². The monoisotopic (exact) mass is 319 g/mol. The van der Waals surface area contributed by atoms with Gasteiger partial charge in [0.2, 0.25) is 0 Å². The summed E-state index contributed by atoms with van der Waals surface area (Å²) < 4.78 is 23.6. The molecule has 0 aromatic heterocycles. The van der Waals surface area contributed by atoms with Crippen molar-refractivity contribution in [1.82, 2.24) is 0 Å². The Bertz CT molecular complexity index is 718. The first kappa shape index (κ1) is 16.8. The Balaban J connectivity index is 2.24. The van der Waals surface area contributed by atoms with Crippen molar-refractivity contribution in [1.29, 1.82) is 0 Å². The van der Waals surface area contributed by atoms with Crippen LogP contribution in [0, 0.1) is 19.7 Å². The maximum atomic E-state index is 13.4. The van der Waals surface area contributed by atoms with Crippen LogP contribution in [0.4, 0.5) is 14.9 Å². The lowest BCUT2D eigenvalue weighted by atomic mass is 10.1. The normalized spacial score (nSPS) is 10.3. The molecule has 0 spiro atoms. The number of hydroxylamine groups is 1. The van der Waals surface area contributed by atoms with Crippen LogP contribution in [0.5, 0.6) is 5.75 Å². The Labute approximate surface area is 133 Å². The molecule has 0 aliphatic heterocycles. The van der Waals surface area contributed by atoms with Gasteiger partial charge in [-0.2, -0.15) is 5.06 Å². The Morgan fingerprint density at radius 1 is 1.22 bits per heavy atom. The van der Waals surface area contributed by atoms with E-state index < -0.39 is 11.9 Å². The average molecular weight is 319 g/mol. The number of carbonyl (C=O) groups is 1. The molecule has 23 heavy (non-hydrogen) atoms. The van der Waals surface area contributed by atoms with Crippen LogP contribution in [0.25, 0.3) is 0 Å². The maximum absolute atomic E-state index is 13.4. The number of hydrogen-bond acceptors (Lipinski definition) is 4. The molecule has 2 aromatic rings. The number of benzene rings is 2. The molecular weight excluding hydrogens is 301 g/mol. The highest BCUT2D eigenvalue weighted by Crippen LogP contribution is 2.25. The van der Waals surface area contributed by atoms with Crippen molar-refractivity contribution >= 4 is 11.8 Å². The fourth-order valence-corrected chi connectivity index (χ4v) is 2.16. The summed E-state index contributed by atoms with van der Waals surface area (Å²) >= 11 is 0. The standard InChI is InChI=1S/C17H18FNO4/c1-11-4-7-16(12(2)8-11)23-10-13-5-6-14(18)9-15(13)19(21)17(20)22-3/h4-9,21H,10H2,1-3H3. The largest absolute Gasteiger partial charge is 0.489 e. The van der Waals surface area contributed by atoms with E-state index in [0.29, 0.717) is 11.3 Å². The third-order valence-corrected chi connectivity index (χ3v) is 3.34. The Morgan fingerprint density at radius 3 is 2.61 bits per heavy atom. The van der Waals surface area contributed by atoms with Gasteiger partial charge in [-0.3, -0.25) is 5.21 Å². The van der Waals surface area contributed by atoms with E-state index in [4.69, 9.17) is 4.74 Å². The lowest BCUT2D eigenvalue weighted by Gasteiger charge is -2.18. The number of anilines is 1. The van der Waals surface area contributed by atoms with Crippen LogP contribution >= 0.6 is 0 Å². The summed E-state index contributed by atoms with van der Waals surface area (Å²) in [5.41, 5.74) is 2.49. The van der Waals surface area contributed by atoms with Crippen molar-refractivity contribution in [2.45, 2.75) is 20.5 Å². The topological polar surface area (TPSA) is 59.0 Å². The molecule has 0 heterocycles. The van der Waals surface area contributed by atoms with E-state index in [1.165, 1.54) is 12.1 Å². The lowest BCUT2D eigenvalue weighted by molar-refractivity contribution is 0.140. The van der Waals surface area contributed by atoms with Crippen LogP contribution in [0.1, 0.15) is 16.7 Å².